The summed E-state index contributed by atoms with van der Waals surface area (Å²) < 4.78 is 17.2. The molecule has 1 N–H and O–H groups in total. The highest BCUT2D eigenvalue weighted by molar-refractivity contribution is 6.32. The van der Waals surface area contributed by atoms with Gasteiger partial charge in [-0.05, 0) is 37.6 Å². The average Bonchev–Trinajstić information content (AvgIpc) is 2.48. The Kier molecular flexibility index (Phi) is 4.34. The molecule has 0 saturated carbocycles. The molecule has 0 aromatic heterocycles. The third-order valence-corrected chi connectivity index (χ3v) is 4.14. The van der Waals surface area contributed by atoms with Gasteiger partial charge in [-0.25, -0.2) is 0 Å². The Morgan fingerprint density at radius 3 is 2.95 bits per heavy atom. The predicted octanol–water partition coefficient (Wildman–Crippen LogP) is 2.80. The van der Waals surface area contributed by atoms with E-state index in [1.807, 2.05) is 19.2 Å². The van der Waals surface area contributed by atoms with Gasteiger partial charge in [0.25, 0.3) is 0 Å². The van der Waals surface area contributed by atoms with Crippen LogP contribution in [0.3, 0.4) is 0 Å². The summed E-state index contributed by atoms with van der Waals surface area (Å²) >= 11 is 6.32. The number of benzene rings is 1. The second kappa shape index (κ2) is 6.20. The molecule has 1 fully saturated rings. The highest BCUT2D eigenvalue weighted by Crippen LogP contribution is 2.43. The van der Waals surface area contributed by atoms with Gasteiger partial charge in [-0.15, -0.1) is 0 Å². The SMILES string of the molecule is CNCC1CCCOC1c1cc(Cl)c2c(c1)OCCO2. The van der Waals surface area contributed by atoms with Gasteiger partial charge in [0.05, 0.1) is 11.1 Å². The smallest absolute Gasteiger partial charge is 0.179 e. The lowest BCUT2D eigenvalue weighted by Crippen LogP contribution is -2.30. The van der Waals surface area contributed by atoms with Gasteiger partial charge in [0.1, 0.15) is 13.2 Å². The first-order valence-electron chi connectivity index (χ1n) is 7.15. The average molecular weight is 298 g/mol. The van der Waals surface area contributed by atoms with E-state index in [-0.39, 0.29) is 6.10 Å². The highest BCUT2D eigenvalue weighted by Gasteiger charge is 2.29. The van der Waals surface area contributed by atoms with Crippen LogP contribution in [0.4, 0.5) is 0 Å². The van der Waals surface area contributed by atoms with Crippen LogP contribution in [0.15, 0.2) is 12.1 Å². The molecule has 5 heteroatoms. The number of hydrogen-bond donors (Lipinski definition) is 1. The van der Waals surface area contributed by atoms with Crippen LogP contribution >= 0.6 is 11.6 Å². The molecule has 20 heavy (non-hydrogen) atoms. The van der Waals surface area contributed by atoms with Crippen LogP contribution in [-0.4, -0.2) is 33.4 Å². The van der Waals surface area contributed by atoms with E-state index in [1.54, 1.807) is 0 Å². The molecule has 2 aliphatic heterocycles. The molecule has 2 atom stereocenters. The fourth-order valence-electron chi connectivity index (χ4n) is 2.98. The van der Waals surface area contributed by atoms with Crippen molar-refractivity contribution in [1.29, 1.82) is 0 Å². The Morgan fingerprint density at radius 1 is 1.25 bits per heavy atom. The summed E-state index contributed by atoms with van der Waals surface area (Å²) in [6.07, 6.45) is 2.35. The van der Waals surface area contributed by atoms with Gasteiger partial charge >= 0.3 is 0 Å². The van der Waals surface area contributed by atoms with Crippen LogP contribution in [0.5, 0.6) is 11.5 Å². The largest absolute Gasteiger partial charge is 0.486 e. The van der Waals surface area contributed by atoms with Crippen molar-refractivity contribution in [1.82, 2.24) is 5.32 Å². The van der Waals surface area contributed by atoms with E-state index in [9.17, 15) is 0 Å². The molecule has 1 saturated heterocycles. The second-order valence-corrected chi connectivity index (χ2v) is 5.69. The van der Waals surface area contributed by atoms with Crippen LogP contribution < -0.4 is 14.8 Å². The Balaban J connectivity index is 1.90. The Labute approximate surface area is 124 Å². The van der Waals surface area contributed by atoms with Crippen LogP contribution in [0, 0.1) is 5.92 Å². The molecule has 2 aliphatic rings. The van der Waals surface area contributed by atoms with Crippen LogP contribution in [0.25, 0.3) is 0 Å². The molecule has 2 unspecified atom stereocenters. The summed E-state index contributed by atoms with van der Waals surface area (Å²) in [7, 11) is 1.97. The molecule has 1 aromatic rings. The van der Waals surface area contributed by atoms with Gasteiger partial charge in [0, 0.05) is 19.1 Å². The van der Waals surface area contributed by atoms with Gasteiger partial charge in [0.2, 0.25) is 0 Å². The van der Waals surface area contributed by atoms with Gasteiger partial charge in [-0.2, -0.15) is 0 Å². The third-order valence-electron chi connectivity index (χ3n) is 3.86. The maximum absolute atomic E-state index is 6.32. The lowest BCUT2D eigenvalue weighted by atomic mass is 9.89. The van der Waals surface area contributed by atoms with Gasteiger partial charge in [-0.3, -0.25) is 0 Å². The fourth-order valence-corrected chi connectivity index (χ4v) is 3.25. The Morgan fingerprint density at radius 2 is 2.10 bits per heavy atom. The molecule has 3 rings (SSSR count). The lowest BCUT2D eigenvalue weighted by Gasteiger charge is -2.33. The molecule has 0 amide bonds. The standard InChI is InChI=1S/C15H20ClNO3/c1-17-9-10-3-2-4-19-14(10)11-7-12(16)15-13(8-11)18-5-6-20-15/h7-8,10,14,17H,2-6,9H2,1H3. The third kappa shape index (κ3) is 2.73. The van der Waals surface area contributed by atoms with E-state index in [0.29, 0.717) is 29.9 Å². The zero-order valence-electron chi connectivity index (χ0n) is 11.7. The van der Waals surface area contributed by atoms with E-state index in [0.717, 1.165) is 37.3 Å². The second-order valence-electron chi connectivity index (χ2n) is 5.28. The molecule has 1 aromatic carbocycles. The maximum Gasteiger partial charge on any atom is 0.179 e. The van der Waals surface area contributed by atoms with Crippen molar-refractivity contribution < 1.29 is 14.2 Å². The van der Waals surface area contributed by atoms with Crippen molar-refractivity contribution in [2.24, 2.45) is 5.92 Å². The van der Waals surface area contributed by atoms with E-state index in [1.165, 1.54) is 0 Å². The first kappa shape index (κ1) is 14.0. The monoisotopic (exact) mass is 297 g/mol. The summed E-state index contributed by atoms with van der Waals surface area (Å²) in [5.41, 5.74) is 1.08. The highest BCUT2D eigenvalue weighted by atomic mass is 35.5. The van der Waals surface area contributed by atoms with Crippen molar-refractivity contribution in [3.8, 4) is 11.5 Å². The van der Waals surface area contributed by atoms with Crippen LogP contribution in [0.2, 0.25) is 5.02 Å². The first-order chi connectivity index (χ1) is 9.79. The minimum atomic E-state index is 0.0736. The Bertz CT molecular complexity index is 478. The minimum Gasteiger partial charge on any atom is -0.486 e. The molecule has 0 spiro atoms. The summed E-state index contributed by atoms with van der Waals surface area (Å²) in [6.45, 7) is 2.86. The molecule has 110 valence electrons. The van der Waals surface area contributed by atoms with Crippen LogP contribution in [0.1, 0.15) is 24.5 Å². The molecule has 4 nitrogen and oxygen atoms in total. The zero-order chi connectivity index (χ0) is 13.9. The van der Waals surface area contributed by atoms with Crippen LogP contribution in [-0.2, 0) is 4.74 Å². The number of halogens is 1. The van der Waals surface area contributed by atoms with Gasteiger partial charge < -0.3 is 19.5 Å². The van der Waals surface area contributed by atoms with Crippen molar-refractivity contribution in [3.63, 3.8) is 0 Å². The normalized spacial score (nSPS) is 25.5. The van der Waals surface area contributed by atoms with Crippen molar-refractivity contribution >= 4 is 11.6 Å². The predicted molar refractivity (Wildman–Crippen MR) is 77.8 cm³/mol. The maximum atomic E-state index is 6.32. The fraction of sp³-hybridized carbons (Fsp3) is 0.600. The van der Waals surface area contributed by atoms with Gasteiger partial charge in [-0.1, -0.05) is 11.6 Å². The molecule has 0 radical (unpaired) electrons. The quantitative estimate of drug-likeness (QED) is 0.931. The number of rotatable bonds is 3. The van der Waals surface area contributed by atoms with E-state index in [2.05, 4.69) is 5.32 Å². The van der Waals surface area contributed by atoms with E-state index in [4.69, 9.17) is 25.8 Å². The van der Waals surface area contributed by atoms with E-state index >= 15 is 0 Å². The van der Waals surface area contributed by atoms with E-state index < -0.39 is 0 Å². The zero-order valence-corrected chi connectivity index (χ0v) is 12.4. The minimum absolute atomic E-state index is 0.0736. The van der Waals surface area contributed by atoms with Crippen molar-refractivity contribution in [2.75, 3.05) is 33.4 Å². The van der Waals surface area contributed by atoms with Gasteiger partial charge in [0.15, 0.2) is 11.5 Å². The summed E-state index contributed by atoms with van der Waals surface area (Å²) in [5, 5.41) is 3.85. The number of nitrogens with one attached hydrogen (secondary N) is 1. The summed E-state index contributed by atoms with van der Waals surface area (Å²) in [6, 6.07) is 3.97. The topological polar surface area (TPSA) is 39.7 Å². The summed E-state index contributed by atoms with van der Waals surface area (Å²) in [5.74, 6) is 1.85. The Hall–Kier alpha value is -0.970. The lowest BCUT2D eigenvalue weighted by molar-refractivity contribution is -0.0274. The number of ether oxygens (including phenoxy) is 3. The molecule has 2 heterocycles. The molecular formula is C15H20ClNO3. The molecule has 0 bridgehead atoms. The first-order valence-corrected chi connectivity index (χ1v) is 7.52. The number of hydrogen-bond acceptors (Lipinski definition) is 4. The molecule has 0 aliphatic carbocycles. The summed E-state index contributed by atoms with van der Waals surface area (Å²) in [4.78, 5) is 0. The van der Waals surface area contributed by atoms with Crippen molar-refractivity contribution in [2.45, 2.75) is 18.9 Å². The van der Waals surface area contributed by atoms with Crippen molar-refractivity contribution in [3.05, 3.63) is 22.7 Å². The number of fused-ring (bicyclic) bond motifs is 1. The molecular weight excluding hydrogens is 278 g/mol.